The molecule has 30 heavy (non-hydrogen) atoms. The Morgan fingerprint density at radius 2 is 1.90 bits per heavy atom. The van der Waals surface area contributed by atoms with Gasteiger partial charge >= 0.3 is 0 Å². The van der Waals surface area contributed by atoms with Gasteiger partial charge in [0.2, 0.25) is 11.7 Å². The first-order valence-corrected chi connectivity index (χ1v) is 9.52. The molecule has 2 aromatic carbocycles. The second-order valence-electron chi connectivity index (χ2n) is 6.26. The molecule has 152 valence electrons. The lowest BCUT2D eigenvalue weighted by molar-refractivity contribution is 0.376. The number of pyridine rings is 1. The standard InChI is InChI=1S/C21H19N5O3S/c1-27-14-7-5-13(6-8-14)20-25-18(29-26-20)12-23-21(30)24-16-9-10-17(28-2)19-15(16)4-3-11-22-19/h3-11H,12H2,1-2H3,(H2,23,24,30). The summed E-state index contributed by atoms with van der Waals surface area (Å²) in [7, 11) is 3.24. The Balaban J connectivity index is 1.41. The molecule has 4 aromatic rings. The lowest BCUT2D eigenvalue weighted by Gasteiger charge is -2.13. The van der Waals surface area contributed by atoms with E-state index < -0.39 is 0 Å². The van der Waals surface area contributed by atoms with Crippen LogP contribution in [0.5, 0.6) is 11.5 Å². The summed E-state index contributed by atoms with van der Waals surface area (Å²) in [4.78, 5) is 8.78. The average molecular weight is 421 g/mol. The van der Waals surface area contributed by atoms with Crippen molar-refractivity contribution in [3.8, 4) is 22.9 Å². The third-order valence-electron chi connectivity index (χ3n) is 4.42. The highest BCUT2D eigenvalue weighted by atomic mass is 32.1. The molecule has 8 nitrogen and oxygen atoms in total. The first kappa shape index (κ1) is 19.6. The molecule has 2 heterocycles. The van der Waals surface area contributed by atoms with Crippen LogP contribution in [-0.2, 0) is 6.54 Å². The topological polar surface area (TPSA) is 94.3 Å². The second kappa shape index (κ2) is 8.75. The Bertz CT molecular complexity index is 1180. The Morgan fingerprint density at radius 3 is 2.67 bits per heavy atom. The lowest BCUT2D eigenvalue weighted by atomic mass is 10.1. The van der Waals surface area contributed by atoms with E-state index in [-0.39, 0.29) is 0 Å². The third kappa shape index (κ3) is 4.15. The average Bonchev–Trinajstić information content (AvgIpc) is 3.27. The summed E-state index contributed by atoms with van der Waals surface area (Å²) in [5, 5.41) is 11.6. The number of rotatable bonds is 6. The van der Waals surface area contributed by atoms with Crippen molar-refractivity contribution in [2.24, 2.45) is 0 Å². The van der Waals surface area contributed by atoms with Gasteiger partial charge in [-0.25, -0.2) is 0 Å². The molecular formula is C21H19N5O3S. The minimum atomic E-state index is 0.293. The van der Waals surface area contributed by atoms with Gasteiger partial charge in [0.25, 0.3) is 0 Å². The maximum absolute atomic E-state index is 5.41. The molecule has 9 heteroatoms. The van der Waals surface area contributed by atoms with Crippen molar-refractivity contribution in [2.45, 2.75) is 6.54 Å². The van der Waals surface area contributed by atoms with E-state index in [1.807, 2.05) is 48.5 Å². The predicted octanol–water partition coefficient (Wildman–Crippen LogP) is 3.79. The first-order chi connectivity index (χ1) is 14.7. The summed E-state index contributed by atoms with van der Waals surface area (Å²) >= 11 is 5.41. The summed E-state index contributed by atoms with van der Waals surface area (Å²) in [6, 6.07) is 15.0. The van der Waals surface area contributed by atoms with E-state index in [9.17, 15) is 0 Å². The molecule has 0 aliphatic rings. The first-order valence-electron chi connectivity index (χ1n) is 9.11. The minimum Gasteiger partial charge on any atom is -0.497 e. The number of nitrogens with one attached hydrogen (secondary N) is 2. The number of hydrogen-bond acceptors (Lipinski definition) is 7. The molecule has 0 spiro atoms. The summed E-state index contributed by atoms with van der Waals surface area (Å²) in [5.41, 5.74) is 2.42. The van der Waals surface area contributed by atoms with Crippen LogP contribution in [0.15, 0.2) is 59.3 Å². The predicted molar refractivity (Wildman–Crippen MR) is 118 cm³/mol. The highest BCUT2D eigenvalue weighted by Crippen LogP contribution is 2.29. The van der Waals surface area contributed by atoms with Crippen molar-refractivity contribution in [3.63, 3.8) is 0 Å². The van der Waals surface area contributed by atoms with Gasteiger partial charge in [0.15, 0.2) is 5.11 Å². The van der Waals surface area contributed by atoms with Crippen LogP contribution in [0.3, 0.4) is 0 Å². The normalized spacial score (nSPS) is 10.6. The number of ether oxygens (including phenoxy) is 2. The number of anilines is 1. The maximum atomic E-state index is 5.41. The van der Waals surface area contributed by atoms with E-state index >= 15 is 0 Å². The van der Waals surface area contributed by atoms with Crippen LogP contribution in [0.4, 0.5) is 5.69 Å². The molecule has 2 N–H and O–H groups in total. The van der Waals surface area contributed by atoms with E-state index in [4.69, 9.17) is 26.2 Å². The number of aromatic nitrogens is 3. The summed E-state index contributed by atoms with van der Waals surface area (Å²) in [6.07, 6.45) is 1.72. The van der Waals surface area contributed by atoms with Gasteiger partial charge in [0, 0.05) is 22.8 Å². The molecule has 0 bridgehead atoms. The zero-order valence-corrected chi connectivity index (χ0v) is 17.2. The van der Waals surface area contributed by atoms with Crippen LogP contribution in [-0.4, -0.2) is 34.5 Å². The highest BCUT2D eigenvalue weighted by Gasteiger charge is 2.11. The SMILES string of the molecule is COc1ccc(-c2noc(CNC(=S)Nc3ccc(OC)c4ncccc34)n2)cc1. The van der Waals surface area contributed by atoms with Gasteiger partial charge < -0.3 is 24.6 Å². The molecule has 0 atom stereocenters. The van der Waals surface area contributed by atoms with Gasteiger partial charge in [0.05, 0.1) is 20.8 Å². The van der Waals surface area contributed by atoms with E-state index in [0.717, 1.165) is 27.9 Å². The van der Waals surface area contributed by atoms with Crippen molar-refractivity contribution in [3.05, 3.63) is 60.6 Å². The largest absolute Gasteiger partial charge is 0.497 e. The van der Waals surface area contributed by atoms with Gasteiger partial charge in [-0.05, 0) is 60.7 Å². The van der Waals surface area contributed by atoms with Crippen LogP contribution in [0, 0.1) is 0 Å². The molecular weight excluding hydrogens is 402 g/mol. The fourth-order valence-corrected chi connectivity index (χ4v) is 3.11. The fourth-order valence-electron chi connectivity index (χ4n) is 2.93. The number of hydrogen-bond donors (Lipinski definition) is 2. The minimum absolute atomic E-state index is 0.293. The van der Waals surface area contributed by atoms with Gasteiger partial charge in [-0.2, -0.15) is 4.98 Å². The zero-order chi connectivity index (χ0) is 20.9. The number of thiocarbonyl (C=S) groups is 1. The van der Waals surface area contributed by atoms with Crippen LogP contribution < -0.4 is 20.1 Å². The molecule has 0 aliphatic carbocycles. The molecule has 0 saturated heterocycles. The smallest absolute Gasteiger partial charge is 0.246 e. The monoisotopic (exact) mass is 421 g/mol. The van der Waals surface area contributed by atoms with Crippen molar-refractivity contribution >= 4 is 33.9 Å². The molecule has 4 rings (SSSR count). The van der Waals surface area contributed by atoms with E-state index in [0.29, 0.717) is 29.1 Å². The summed E-state index contributed by atoms with van der Waals surface area (Å²) in [6.45, 7) is 0.293. The second-order valence-corrected chi connectivity index (χ2v) is 6.67. The van der Waals surface area contributed by atoms with Crippen LogP contribution in [0.2, 0.25) is 0 Å². The Morgan fingerprint density at radius 1 is 1.07 bits per heavy atom. The number of nitrogens with zero attached hydrogens (tertiary/aromatic N) is 3. The maximum Gasteiger partial charge on any atom is 0.246 e. The van der Waals surface area contributed by atoms with Gasteiger partial charge in [0.1, 0.15) is 17.0 Å². The molecule has 2 aromatic heterocycles. The Kier molecular flexibility index (Phi) is 5.71. The zero-order valence-electron chi connectivity index (χ0n) is 16.4. The van der Waals surface area contributed by atoms with Gasteiger partial charge in [-0.15, -0.1) is 0 Å². The van der Waals surface area contributed by atoms with Crippen molar-refractivity contribution < 1.29 is 14.0 Å². The van der Waals surface area contributed by atoms with Crippen molar-refractivity contribution in [1.29, 1.82) is 0 Å². The Labute approximate surface area is 178 Å². The van der Waals surface area contributed by atoms with E-state index in [1.165, 1.54) is 0 Å². The van der Waals surface area contributed by atoms with Gasteiger partial charge in [-0.1, -0.05) is 5.16 Å². The summed E-state index contributed by atoms with van der Waals surface area (Å²) in [5.74, 6) is 2.39. The third-order valence-corrected chi connectivity index (χ3v) is 4.66. The molecule has 0 aliphatic heterocycles. The van der Waals surface area contributed by atoms with E-state index in [2.05, 4.69) is 25.8 Å². The molecule has 0 saturated carbocycles. The summed E-state index contributed by atoms with van der Waals surface area (Å²) < 4.78 is 15.8. The van der Waals surface area contributed by atoms with Gasteiger partial charge in [-0.3, -0.25) is 4.98 Å². The van der Waals surface area contributed by atoms with Crippen LogP contribution in [0.1, 0.15) is 5.89 Å². The molecule has 0 fully saturated rings. The number of fused-ring (bicyclic) bond motifs is 1. The molecule has 0 amide bonds. The number of methoxy groups -OCH3 is 2. The van der Waals surface area contributed by atoms with Crippen molar-refractivity contribution in [2.75, 3.05) is 19.5 Å². The number of benzene rings is 2. The van der Waals surface area contributed by atoms with Crippen LogP contribution >= 0.6 is 12.2 Å². The lowest BCUT2D eigenvalue weighted by Crippen LogP contribution is -2.28. The molecule has 0 unspecified atom stereocenters. The van der Waals surface area contributed by atoms with E-state index in [1.54, 1.807) is 20.4 Å². The fraction of sp³-hybridized carbons (Fsp3) is 0.143. The molecule has 0 radical (unpaired) electrons. The highest BCUT2D eigenvalue weighted by molar-refractivity contribution is 7.80. The van der Waals surface area contributed by atoms with Crippen molar-refractivity contribution in [1.82, 2.24) is 20.4 Å². The quantitative estimate of drug-likeness (QED) is 0.451. The Hall–Kier alpha value is -3.72. The van der Waals surface area contributed by atoms with Crippen LogP contribution in [0.25, 0.3) is 22.3 Å².